The number of nitrogens with zero attached hydrogens (tertiary/aromatic N) is 4. The van der Waals surface area contributed by atoms with E-state index in [0.717, 1.165) is 22.6 Å². The van der Waals surface area contributed by atoms with Crippen LogP contribution in [0.3, 0.4) is 0 Å². The molecule has 8 nitrogen and oxygen atoms in total. The number of aromatic amines is 1. The van der Waals surface area contributed by atoms with Gasteiger partial charge in [-0.15, -0.1) is 0 Å². The zero-order chi connectivity index (χ0) is 18.1. The number of carbonyl (C=O) groups excluding carboxylic acids is 1. The third-order valence-corrected chi connectivity index (χ3v) is 4.70. The molecule has 3 aromatic rings. The van der Waals surface area contributed by atoms with Crippen LogP contribution in [0.25, 0.3) is 11.0 Å². The molecule has 4 rings (SSSR count). The van der Waals surface area contributed by atoms with E-state index in [4.69, 9.17) is 5.11 Å². The minimum absolute atomic E-state index is 0.0714. The highest BCUT2D eigenvalue weighted by Crippen LogP contribution is 2.19. The molecule has 0 spiro atoms. The number of rotatable bonds is 5. The molecule has 3 N–H and O–H groups in total. The summed E-state index contributed by atoms with van der Waals surface area (Å²) < 4.78 is 1.79. The Labute approximate surface area is 150 Å². The number of fused-ring (bicyclic) bond motifs is 2. The molecule has 1 aliphatic heterocycles. The van der Waals surface area contributed by atoms with Gasteiger partial charge >= 0.3 is 0 Å². The second-order valence-electron chi connectivity index (χ2n) is 6.50. The lowest BCUT2D eigenvalue weighted by atomic mass is 10.2. The van der Waals surface area contributed by atoms with Crippen LogP contribution < -0.4 is 0 Å². The van der Waals surface area contributed by atoms with Crippen LogP contribution in [0, 0.1) is 0 Å². The predicted octanol–water partition coefficient (Wildman–Crippen LogP) is 0.760. The summed E-state index contributed by atoms with van der Waals surface area (Å²) in [6.45, 7) is 1.27. The summed E-state index contributed by atoms with van der Waals surface area (Å²) >= 11 is 0. The molecule has 1 aliphatic rings. The van der Waals surface area contributed by atoms with Crippen molar-refractivity contribution in [2.24, 2.45) is 0 Å². The minimum Gasteiger partial charge on any atom is -0.393 e. The quantitative estimate of drug-likeness (QED) is 0.626. The second-order valence-corrected chi connectivity index (χ2v) is 6.50. The van der Waals surface area contributed by atoms with Crippen LogP contribution in [0.4, 0.5) is 0 Å². The Morgan fingerprint density at radius 2 is 2.15 bits per heavy atom. The van der Waals surface area contributed by atoms with Crippen molar-refractivity contribution in [1.82, 2.24) is 24.6 Å². The number of aliphatic hydroxyl groups is 2. The fourth-order valence-electron chi connectivity index (χ4n) is 3.27. The molecule has 1 amide bonds. The monoisotopic (exact) mass is 355 g/mol. The Morgan fingerprint density at radius 3 is 2.96 bits per heavy atom. The van der Waals surface area contributed by atoms with Gasteiger partial charge in [0.2, 0.25) is 5.91 Å². The maximum absolute atomic E-state index is 12.6. The standard InChI is InChI=1S/C18H21N5O3/c24-11-16(25)15-9-12-10-22(7-8-23(12)21-15)18(26)6-5-17-19-13-3-1-2-4-14(13)20-17/h1-4,9,16,24-25H,5-8,10-11H2,(H,19,20)/t16-/m0/s1. The van der Waals surface area contributed by atoms with Crippen LogP contribution in [0.5, 0.6) is 0 Å². The number of nitrogens with one attached hydrogen (secondary N) is 1. The summed E-state index contributed by atoms with van der Waals surface area (Å²) in [5.74, 6) is 0.886. The first-order valence-electron chi connectivity index (χ1n) is 8.71. The van der Waals surface area contributed by atoms with Gasteiger partial charge in [0.1, 0.15) is 11.9 Å². The third-order valence-electron chi connectivity index (χ3n) is 4.70. The van der Waals surface area contributed by atoms with Gasteiger partial charge in [0.15, 0.2) is 0 Å². The van der Waals surface area contributed by atoms with Crippen molar-refractivity contribution in [1.29, 1.82) is 0 Å². The van der Waals surface area contributed by atoms with Gasteiger partial charge in [0, 0.05) is 19.4 Å². The lowest BCUT2D eigenvalue weighted by Crippen LogP contribution is -2.38. The first-order chi connectivity index (χ1) is 12.6. The molecule has 136 valence electrons. The van der Waals surface area contributed by atoms with Crippen LogP contribution in [-0.2, 0) is 24.3 Å². The van der Waals surface area contributed by atoms with Crippen molar-refractivity contribution in [3.8, 4) is 0 Å². The second kappa shape index (κ2) is 6.89. The molecule has 0 saturated carbocycles. The number of hydrogen-bond acceptors (Lipinski definition) is 5. The highest BCUT2D eigenvalue weighted by atomic mass is 16.3. The van der Waals surface area contributed by atoms with E-state index in [-0.39, 0.29) is 12.5 Å². The van der Waals surface area contributed by atoms with Gasteiger partial charge in [-0.25, -0.2) is 4.98 Å². The molecule has 3 heterocycles. The molecular weight excluding hydrogens is 334 g/mol. The van der Waals surface area contributed by atoms with E-state index in [1.165, 1.54) is 0 Å². The molecule has 0 radical (unpaired) electrons. The van der Waals surface area contributed by atoms with Crippen molar-refractivity contribution in [3.05, 3.63) is 47.5 Å². The molecule has 2 aromatic heterocycles. The van der Waals surface area contributed by atoms with Gasteiger partial charge in [-0.1, -0.05) is 12.1 Å². The fraction of sp³-hybridized carbons (Fsp3) is 0.389. The average molecular weight is 355 g/mol. The highest BCUT2D eigenvalue weighted by Gasteiger charge is 2.23. The van der Waals surface area contributed by atoms with Crippen LogP contribution in [0.2, 0.25) is 0 Å². The SMILES string of the molecule is O=C(CCc1nc2ccccc2[nH]1)N1CCn2nc([C@@H](O)CO)cc2C1. The molecule has 1 aromatic carbocycles. The summed E-state index contributed by atoms with van der Waals surface area (Å²) in [5, 5.41) is 23.0. The van der Waals surface area contributed by atoms with E-state index >= 15 is 0 Å². The number of aliphatic hydroxyl groups excluding tert-OH is 2. The largest absolute Gasteiger partial charge is 0.393 e. The van der Waals surface area contributed by atoms with E-state index in [0.29, 0.717) is 38.2 Å². The molecule has 0 unspecified atom stereocenters. The molecular formula is C18H21N5O3. The maximum atomic E-state index is 12.6. The van der Waals surface area contributed by atoms with Crippen molar-refractivity contribution in [3.63, 3.8) is 0 Å². The number of H-pyrrole nitrogens is 1. The van der Waals surface area contributed by atoms with Crippen molar-refractivity contribution < 1.29 is 15.0 Å². The normalized spacial score (nSPS) is 15.2. The van der Waals surface area contributed by atoms with Gasteiger partial charge in [-0.3, -0.25) is 9.48 Å². The number of amides is 1. The lowest BCUT2D eigenvalue weighted by Gasteiger charge is -2.27. The zero-order valence-electron chi connectivity index (χ0n) is 14.3. The Kier molecular flexibility index (Phi) is 4.44. The van der Waals surface area contributed by atoms with Crippen LogP contribution in [0.15, 0.2) is 30.3 Å². The van der Waals surface area contributed by atoms with Crippen molar-refractivity contribution >= 4 is 16.9 Å². The average Bonchev–Trinajstić information content (AvgIpc) is 3.28. The number of hydrogen-bond donors (Lipinski definition) is 3. The van der Waals surface area contributed by atoms with Crippen LogP contribution in [0.1, 0.15) is 29.7 Å². The van der Waals surface area contributed by atoms with Gasteiger partial charge < -0.3 is 20.1 Å². The zero-order valence-corrected chi connectivity index (χ0v) is 14.3. The highest BCUT2D eigenvalue weighted by molar-refractivity contribution is 5.77. The summed E-state index contributed by atoms with van der Waals surface area (Å²) in [4.78, 5) is 22.1. The third kappa shape index (κ3) is 3.21. The maximum Gasteiger partial charge on any atom is 0.223 e. The van der Waals surface area contributed by atoms with Crippen LogP contribution >= 0.6 is 0 Å². The molecule has 8 heteroatoms. The number of para-hydroxylation sites is 2. The van der Waals surface area contributed by atoms with E-state index in [1.807, 2.05) is 24.3 Å². The number of carbonyl (C=O) groups is 1. The first-order valence-corrected chi connectivity index (χ1v) is 8.71. The van der Waals surface area contributed by atoms with Gasteiger partial charge in [0.05, 0.1) is 42.1 Å². The smallest absolute Gasteiger partial charge is 0.223 e. The number of imidazole rings is 1. The fourth-order valence-corrected chi connectivity index (χ4v) is 3.27. The Bertz CT molecular complexity index is 899. The van der Waals surface area contributed by atoms with Gasteiger partial charge in [-0.05, 0) is 18.2 Å². The summed E-state index contributed by atoms with van der Waals surface area (Å²) in [7, 11) is 0. The molecule has 0 bridgehead atoms. The summed E-state index contributed by atoms with van der Waals surface area (Å²) in [5.41, 5.74) is 3.20. The van der Waals surface area contributed by atoms with E-state index in [1.54, 1.807) is 15.6 Å². The number of aromatic nitrogens is 4. The Hall–Kier alpha value is -2.71. The molecule has 0 fully saturated rings. The summed E-state index contributed by atoms with van der Waals surface area (Å²) in [6, 6.07) is 9.56. The Morgan fingerprint density at radius 1 is 1.31 bits per heavy atom. The first kappa shape index (κ1) is 16.7. The molecule has 26 heavy (non-hydrogen) atoms. The van der Waals surface area contributed by atoms with Crippen molar-refractivity contribution in [2.45, 2.75) is 32.0 Å². The van der Waals surface area contributed by atoms with E-state index in [2.05, 4.69) is 15.1 Å². The van der Waals surface area contributed by atoms with E-state index in [9.17, 15) is 9.90 Å². The van der Waals surface area contributed by atoms with E-state index < -0.39 is 6.10 Å². The van der Waals surface area contributed by atoms with Crippen LogP contribution in [-0.4, -0.2) is 53.9 Å². The Balaban J connectivity index is 1.39. The van der Waals surface area contributed by atoms with Crippen molar-refractivity contribution in [2.75, 3.05) is 13.2 Å². The predicted molar refractivity (Wildman–Crippen MR) is 94.1 cm³/mol. The minimum atomic E-state index is -0.981. The van der Waals surface area contributed by atoms with Gasteiger partial charge in [0.25, 0.3) is 0 Å². The number of benzene rings is 1. The topological polar surface area (TPSA) is 107 Å². The molecule has 0 saturated heterocycles. The molecule has 0 aliphatic carbocycles. The summed E-state index contributed by atoms with van der Waals surface area (Å²) in [6.07, 6.45) is -0.0250. The van der Waals surface area contributed by atoms with Gasteiger partial charge in [-0.2, -0.15) is 5.10 Å². The molecule has 1 atom stereocenters. The number of aryl methyl sites for hydroxylation is 1. The lowest BCUT2D eigenvalue weighted by molar-refractivity contribution is -0.132.